The van der Waals surface area contributed by atoms with Gasteiger partial charge in [-0.15, -0.1) is 0 Å². The highest BCUT2D eigenvalue weighted by molar-refractivity contribution is 8.00. The molecule has 7 heteroatoms. The van der Waals surface area contributed by atoms with Gasteiger partial charge in [0.25, 0.3) is 0 Å². The Labute approximate surface area is 179 Å². The lowest BCUT2D eigenvalue weighted by molar-refractivity contribution is -0.116. The lowest BCUT2D eigenvalue weighted by Gasteiger charge is -2.16. The first-order valence-corrected chi connectivity index (χ1v) is 10.9. The molecule has 0 saturated carbocycles. The largest absolute Gasteiger partial charge is 0.311 e. The maximum atomic E-state index is 12.9. The van der Waals surface area contributed by atoms with E-state index in [0.29, 0.717) is 5.75 Å². The Hall–Kier alpha value is -3.19. The van der Waals surface area contributed by atoms with E-state index >= 15 is 0 Å². The standard InChI is InChI=1S/C23H21N5OS/c1-15-7-8-19(16(2)11-15)28-22-18(12-26-28)23(25-14-24-22)30-13-21(29)27-10-9-17-5-3-4-6-20(17)27/h3-8,11-12,14H,9-10,13H2,1-2H3. The van der Waals surface area contributed by atoms with Gasteiger partial charge in [-0.1, -0.05) is 47.7 Å². The maximum absolute atomic E-state index is 12.9. The minimum absolute atomic E-state index is 0.0958. The summed E-state index contributed by atoms with van der Waals surface area (Å²) in [6.07, 6.45) is 4.24. The van der Waals surface area contributed by atoms with Crippen LogP contribution in [-0.4, -0.2) is 38.0 Å². The third kappa shape index (κ3) is 3.25. The normalized spacial score (nSPS) is 13.1. The van der Waals surface area contributed by atoms with E-state index in [4.69, 9.17) is 0 Å². The van der Waals surface area contributed by atoms with E-state index < -0.39 is 0 Å². The van der Waals surface area contributed by atoms with Crippen molar-refractivity contribution >= 4 is 34.4 Å². The number of hydrogen-bond acceptors (Lipinski definition) is 5. The molecule has 0 N–H and O–H groups in total. The summed E-state index contributed by atoms with van der Waals surface area (Å²) in [4.78, 5) is 23.6. The zero-order valence-electron chi connectivity index (χ0n) is 16.9. The highest BCUT2D eigenvalue weighted by atomic mass is 32.2. The average molecular weight is 416 g/mol. The van der Waals surface area contributed by atoms with Crippen molar-refractivity contribution in [2.75, 3.05) is 17.2 Å². The van der Waals surface area contributed by atoms with Crippen molar-refractivity contribution in [2.24, 2.45) is 0 Å². The minimum Gasteiger partial charge on any atom is -0.311 e. The minimum atomic E-state index is 0.0958. The molecule has 0 radical (unpaired) electrons. The Morgan fingerprint density at radius 3 is 2.83 bits per heavy atom. The van der Waals surface area contributed by atoms with Crippen LogP contribution in [0, 0.1) is 13.8 Å². The fourth-order valence-corrected chi connectivity index (χ4v) is 4.80. The first kappa shape index (κ1) is 18.8. The number of nitrogens with zero attached hydrogens (tertiary/aromatic N) is 5. The smallest absolute Gasteiger partial charge is 0.237 e. The monoisotopic (exact) mass is 415 g/mol. The number of carbonyl (C=O) groups is 1. The summed E-state index contributed by atoms with van der Waals surface area (Å²) in [7, 11) is 0. The molecule has 1 amide bonds. The molecule has 2 aromatic carbocycles. The number of amides is 1. The molecule has 0 aliphatic carbocycles. The number of carbonyl (C=O) groups excluding carboxylic acids is 1. The molecule has 30 heavy (non-hydrogen) atoms. The summed E-state index contributed by atoms with van der Waals surface area (Å²) < 4.78 is 1.84. The van der Waals surface area contributed by atoms with Crippen molar-refractivity contribution in [2.45, 2.75) is 25.3 Å². The molecule has 1 aliphatic heterocycles. The van der Waals surface area contributed by atoms with Gasteiger partial charge in [-0.3, -0.25) is 4.79 Å². The molecule has 0 spiro atoms. The predicted octanol–water partition coefficient (Wildman–Crippen LogP) is 4.11. The summed E-state index contributed by atoms with van der Waals surface area (Å²) in [6.45, 7) is 4.88. The van der Waals surface area contributed by atoms with Gasteiger partial charge < -0.3 is 4.90 Å². The van der Waals surface area contributed by atoms with Crippen LogP contribution in [0.1, 0.15) is 16.7 Å². The molecule has 0 fully saturated rings. The van der Waals surface area contributed by atoms with E-state index in [0.717, 1.165) is 46.0 Å². The number of para-hydroxylation sites is 1. The Morgan fingerprint density at radius 2 is 1.97 bits per heavy atom. The third-order valence-corrected chi connectivity index (χ3v) is 6.42. The lowest BCUT2D eigenvalue weighted by Crippen LogP contribution is -2.30. The van der Waals surface area contributed by atoms with E-state index in [9.17, 15) is 4.79 Å². The van der Waals surface area contributed by atoms with Crippen LogP contribution in [0.4, 0.5) is 5.69 Å². The molecule has 5 rings (SSSR count). The second-order valence-corrected chi connectivity index (χ2v) is 8.44. The van der Waals surface area contributed by atoms with Crippen LogP contribution in [0.2, 0.25) is 0 Å². The van der Waals surface area contributed by atoms with Crippen molar-refractivity contribution in [1.82, 2.24) is 19.7 Å². The Kier molecular flexibility index (Phi) is 4.75. The molecular formula is C23H21N5OS. The van der Waals surface area contributed by atoms with Gasteiger partial charge in [-0.2, -0.15) is 5.10 Å². The summed E-state index contributed by atoms with van der Waals surface area (Å²) in [5, 5.41) is 6.19. The van der Waals surface area contributed by atoms with Gasteiger partial charge in [-0.05, 0) is 43.5 Å². The second-order valence-electron chi connectivity index (χ2n) is 7.48. The van der Waals surface area contributed by atoms with Crippen LogP contribution in [0.3, 0.4) is 0 Å². The zero-order valence-corrected chi connectivity index (χ0v) is 17.7. The number of rotatable bonds is 4. The van der Waals surface area contributed by atoms with Crippen molar-refractivity contribution in [3.63, 3.8) is 0 Å². The second kappa shape index (κ2) is 7.57. The topological polar surface area (TPSA) is 63.9 Å². The summed E-state index contributed by atoms with van der Waals surface area (Å²) in [6, 6.07) is 14.4. The van der Waals surface area contributed by atoms with Crippen molar-refractivity contribution in [1.29, 1.82) is 0 Å². The van der Waals surface area contributed by atoms with Crippen LogP contribution in [0.5, 0.6) is 0 Å². The summed E-state index contributed by atoms with van der Waals surface area (Å²) in [5.74, 6) is 0.424. The fraction of sp³-hybridized carbons (Fsp3) is 0.217. The number of aromatic nitrogens is 4. The van der Waals surface area contributed by atoms with Crippen LogP contribution in [0.25, 0.3) is 16.7 Å². The van der Waals surface area contributed by atoms with Gasteiger partial charge >= 0.3 is 0 Å². The lowest BCUT2D eigenvalue weighted by atomic mass is 10.1. The van der Waals surface area contributed by atoms with Gasteiger partial charge in [0.15, 0.2) is 5.65 Å². The van der Waals surface area contributed by atoms with Crippen LogP contribution < -0.4 is 4.90 Å². The van der Waals surface area contributed by atoms with E-state index in [-0.39, 0.29) is 5.91 Å². The molecule has 0 unspecified atom stereocenters. The van der Waals surface area contributed by atoms with Gasteiger partial charge in [0.2, 0.25) is 5.91 Å². The Morgan fingerprint density at radius 1 is 1.10 bits per heavy atom. The van der Waals surface area contributed by atoms with E-state index in [1.807, 2.05) is 27.8 Å². The number of hydrogen-bond donors (Lipinski definition) is 0. The Bertz CT molecular complexity index is 1270. The highest BCUT2D eigenvalue weighted by Gasteiger charge is 2.24. The molecule has 0 atom stereocenters. The predicted molar refractivity (Wildman–Crippen MR) is 119 cm³/mol. The third-order valence-electron chi connectivity index (χ3n) is 5.43. The molecule has 6 nitrogen and oxygen atoms in total. The van der Waals surface area contributed by atoms with Crippen LogP contribution in [-0.2, 0) is 11.2 Å². The molecule has 0 saturated heterocycles. The first-order chi connectivity index (χ1) is 14.6. The molecule has 3 heterocycles. The van der Waals surface area contributed by atoms with Gasteiger partial charge in [-0.25, -0.2) is 14.6 Å². The van der Waals surface area contributed by atoms with Gasteiger partial charge in [0.1, 0.15) is 11.4 Å². The van der Waals surface area contributed by atoms with E-state index in [2.05, 4.69) is 53.2 Å². The molecule has 4 aromatic rings. The first-order valence-electron chi connectivity index (χ1n) is 9.89. The SMILES string of the molecule is Cc1ccc(-n2ncc3c(SCC(=O)N4CCc5ccccc54)ncnc32)c(C)c1. The van der Waals surface area contributed by atoms with Crippen molar-refractivity contribution < 1.29 is 4.79 Å². The molecular weight excluding hydrogens is 394 g/mol. The van der Waals surface area contributed by atoms with Crippen LogP contribution in [0.15, 0.2) is 60.0 Å². The highest BCUT2D eigenvalue weighted by Crippen LogP contribution is 2.30. The Balaban J connectivity index is 1.40. The molecule has 1 aliphatic rings. The number of aryl methyl sites for hydroxylation is 2. The number of anilines is 1. The molecule has 2 aromatic heterocycles. The summed E-state index contributed by atoms with van der Waals surface area (Å²) in [5.41, 5.74) is 6.35. The van der Waals surface area contributed by atoms with Gasteiger partial charge in [0, 0.05) is 12.2 Å². The quantitative estimate of drug-likeness (QED) is 0.371. The fourth-order valence-electron chi connectivity index (χ4n) is 3.96. The zero-order chi connectivity index (χ0) is 20.7. The maximum Gasteiger partial charge on any atom is 0.237 e. The van der Waals surface area contributed by atoms with E-state index in [1.54, 1.807) is 12.5 Å². The van der Waals surface area contributed by atoms with Gasteiger partial charge in [0.05, 0.1) is 23.0 Å². The number of fused-ring (bicyclic) bond motifs is 2. The van der Waals surface area contributed by atoms with Crippen LogP contribution >= 0.6 is 11.8 Å². The summed E-state index contributed by atoms with van der Waals surface area (Å²) >= 11 is 1.44. The number of thioether (sulfide) groups is 1. The van der Waals surface area contributed by atoms with Crippen molar-refractivity contribution in [3.05, 3.63) is 71.7 Å². The average Bonchev–Trinajstić information content (AvgIpc) is 3.37. The van der Waals surface area contributed by atoms with E-state index in [1.165, 1.54) is 22.9 Å². The number of benzene rings is 2. The molecule has 0 bridgehead atoms. The van der Waals surface area contributed by atoms with Crippen molar-refractivity contribution in [3.8, 4) is 5.69 Å². The molecule has 150 valence electrons.